The molecule has 5 heteroatoms. The number of carbonyl (C=O) groups is 1. The summed E-state index contributed by atoms with van der Waals surface area (Å²) in [6, 6.07) is 1.95. The van der Waals surface area contributed by atoms with Crippen molar-refractivity contribution in [1.29, 1.82) is 0 Å². The minimum absolute atomic E-state index is 0.00182. The number of anilines is 1. The minimum atomic E-state index is 0.00182. The fourth-order valence-corrected chi connectivity index (χ4v) is 2.13. The van der Waals surface area contributed by atoms with Crippen molar-refractivity contribution < 1.29 is 4.79 Å². The van der Waals surface area contributed by atoms with E-state index in [2.05, 4.69) is 15.3 Å². The zero-order valence-corrected chi connectivity index (χ0v) is 12.5. The Morgan fingerprint density at radius 3 is 2.37 bits per heavy atom. The number of hydrogen-bond donors (Lipinski definition) is 1. The first kappa shape index (κ1) is 15.6. The monoisotopic (exact) mass is 266 g/mol. The minimum Gasteiger partial charge on any atom is -0.354 e. The number of nitrogens with one attached hydrogen (secondary N) is 1. The lowest BCUT2D eigenvalue weighted by Gasteiger charge is -2.21. The molecule has 19 heavy (non-hydrogen) atoms. The van der Waals surface area contributed by atoms with Gasteiger partial charge in [0.2, 0.25) is 5.95 Å². The van der Waals surface area contributed by atoms with E-state index in [4.69, 9.17) is 0 Å². The SMILES string of the molecule is CC(=O)C(CCCNc1[15n]c(C)cc(C)[15n]1)N(C)C. The summed E-state index contributed by atoms with van der Waals surface area (Å²) in [5, 5.41) is 3.21. The highest BCUT2D eigenvalue weighted by molar-refractivity contribution is 5.81. The quantitative estimate of drug-likeness (QED) is 0.763. The summed E-state index contributed by atoms with van der Waals surface area (Å²) >= 11 is 0. The maximum absolute atomic E-state index is 11.5. The number of hydrogen-bond acceptors (Lipinski definition) is 5. The van der Waals surface area contributed by atoms with E-state index in [1.807, 2.05) is 38.9 Å². The standard InChI is InChI=1S/C14H24N4O/c1-10-9-11(2)17-14(16-10)15-8-6-7-13(12(3)19)18(4)5/h9,13H,6-8H2,1-5H3,(H,15,16,17)/i16+1,17+1. The largest absolute Gasteiger partial charge is 0.354 e. The van der Waals surface area contributed by atoms with Gasteiger partial charge in [-0.1, -0.05) is 0 Å². The molecule has 0 fully saturated rings. The number of Topliss-reactive ketones (excluding diaryl/α,β-unsaturated/α-hetero) is 1. The van der Waals surface area contributed by atoms with E-state index >= 15 is 0 Å². The second kappa shape index (κ2) is 7.19. The molecule has 5 nitrogen and oxygen atoms in total. The smallest absolute Gasteiger partial charge is 0.223 e. The maximum atomic E-state index is 11.5. The first-order chi connectivity index (χ1) is 8.90. The molecule has 1 atom stereocenters. The molecule has 0 aliphatic rings. The van der Waals surface area contributed by atoms with Gasteiger partial charge in [0.05, 0.1) is 6.04 Å². The number of aromatic nitrogens is 2. The van der Waals surface area contributed by atoms with Gasteiger partial charge in [0.15, 0.2) is 0 Å². The number of nitrogens with zero attached hydrogens (tertiary/aromatic N) is 3. The van der Waals surface area contributed by atoms with Crippen molar-refractivity contribution in [1.82, 2.24) is 14.9 Å². The molecular weight excluding hydrogens is 242 g/mol. The third kappa shape index (κ3) is 5.34. The van der Waals surface area contributed by atoms with Crippen LogP contribution in [0, 0.1) is 13.8 Å². The number of likely N-dealkylation sites (N-methyl/N-ethyl adjacent to an activating group) is 1. The van der Waals surface area contributed by atoms with Crippen LogP contribution in [0.15, 0.2) is 6.07 Å². The van der Waals surface area contributed by atoms with Gasteiger partial charge in [-0.3, -0.25) is 9.69 Å². The highest BCUT2D eigenvalue weighted by Gasteiger charge is 2.15. The van der Waals surface area contributed by atoms with Gasteiger partial charge >= 0.3 is 0 Å². The average molecular weight is 266 g/mol. The van der Waals surface area contributed by atoms with E-state index in [-0.39, 0.29) is 11.8 Å². The van der Waals surface area contributed by atoms with Crippen LogP contribution in [0.2, 0.25) is 0 Å². The summed E-state index contributed by atoms with van der Waals surface area (Å²) in [4.78, 5) is 22.1. The molecule has 0 aliphatic heterocycles. The molecule has 0 amide bonds. The molecule has 1 heterocycles. The topological polar surface area (TPSA) is 58.1 Å². The second-order valence-electron chi connectivity index (χ2n) is 5.13. The molecule has 1 N–H and O–H groups in total. The number of carbonyl (C=O) groups excluding carboxylic acids is 1. The van der Waals surface area contributed by atoms with Gasteiger partial charge in [0, 0.05) is 17.9 Å². The molecule has 0 radical (unpaired) electrons. The lowest BCUT2D eigenvalue weighted by molar-refractivity contribution is -0.121. The van der Waals surface area contributed by atoms with Gasteiger partial charge < -0.3 is 5.32 Å². The van der Waals surface area contributed by atoms with Crippen LogP contribution in [0.1, 0.15) is 31.2 Å². The van der Waals surface area contributed by atoms with E-state index in [1.165, 1.54) is 0 Å². The van der Waals surface area contributed by atoms with E-state index in [0.717, 1.165) is 30.8 Å². The Labute approximate surface area is 115 Å². The van der Waals surface area contributed by atoms with Crippen LogP contribution in [-0.4, -0.2) is 47.3 Å². The maximum Gasteiger partial charge on any atom is 0.223 e. The predicted molar refractivity (Wildman–Crippen MR) is 77.4 cm³/mol. The zero-order valence-electron chi connectivity index (χ0n) is 12.5. The average Bonchev–Trinajstić information content (AvgIpc) is 2.26. The van der Waals surface area contributed by atoms with Gasteiger partial charge in [-0.15, -0.1) is 0 Å². The molecule has 1 aromatic heterocycles. The molecule has 0 saturated carbocycles. The molecule has 0 aromatic carbocycles. The van der Waals surface area contributed by atoms with Gasteiger partial charge in [0.25, 0.3) is 0 Å². The highest BCUT2D eigenvalue weighted by atomic mass is 16.1. The normalized spacial score (nSPS) is 12.5. The Balaban J connectivity index is 2.40. The van der Waals surface area contributed by atoms with E-state index in [1.54, 1.807) is 6.92 Å². The lowest BCUT2D eigenvalue weighted by atomic mass is 10.1. The first-order valence-electron chi connectivity index (χ1n) is 6.63. The molecule has 0 spiro atoms. The van der Waals surface area contributed by atoms with Crippen molar-refractivity contribution in [3.63, 3.8) is 0 Å². The van der Waals surface area contributed by atoms with E-state index < -0.39 is 0 Å². The van der Waals surface area contributed by atoms with Gasteiger partial charge in [-0.25, -0.2) is 9.97 Å². The summed E-state index contributed by atoms with van der Waals surface area (Å²) in [5.74, 6) is 0.884. The van der Waals surface area contributed by atoms with Crippen molar-refractivity contribution in [2.75, 3.05) is 26.0 Å². The van der Waals surface area contributed by atoms with E-state index in [9.17, 15) is 4.79 Å². The molecule has 1 rings (SSSR count). The summed E-state index contributed by atoms with van der Waals surface area (Å²) in [6.45, 7) is 6.33. The summed E-state index contributed by atoms with van der Waals surface area (Å²) in [5.41, 5.74) is 1.93. The first-order valence-corrected chi connectivity index (χ1v) is 6.63. The third-order valence-corrected chi connectivity index (χ3v) is 3.01. The van der Waals surface area contributed by atoms with Gasteiger partial charge in [0.1, 0.15) is 5.78 Å². The number of rotatable bonds is 7. The Hall–Kier alpha value is -1.49. The fourth-order valence-electron chi connectivity index (χ4n) is 2.13. The van der Waals surface area contributed by atoms with Crippen LogP contribution in [0.3, 0.4) is 0 Å². The number of aryl methyl sites for hydroxylation is 2. The van der Waals surface area contributed by atoms with Crippen LogP contribution in [0.5, 0.6) is 0 Å². The van der Waals surface area contributed by atoms with Gasteiger partial charge in [-0.2, -0.15) is 0 Å². The Bertz CT molecular complexity index is 411. The van der Waals surface area contributed by atoms with Crippen LogP contribution in [-0.2, 0) is 4.79 Å². The Morgan fingerprint density at radius 1 is 1.32 bits per heavy atom. The second-order valence-corrected chi connectivity index (χ2v) is 5.13. The van der Waals surface area contributed by atoms with Crippen molar-refractivity contribution in [2.24, 2.45) is 0 Å². The molecule has 106 valence electrons. The summed E-state index contributed by atoms with van der Waals surface area (Å²) < 4.78 is 0. The third-order valence-electron chi connectivity index (χ3n) is 3.01. The molecule has 1 unspecified atom stereocenters. The fraction of sp³-hybridized carbons (Fsp3) is 0.643. The molecule has 0 bridgehead atoms. The summed E-state index contributed by atoms with van der Waals surface area (Å²) in [7, 11) is 3.87. The van der Waals surface area contributed by atoms with Crippen LogP contribution >= 0.6 is 0 Å². The van der Waals surface area contributed by atoms with Crippen LogP contribution in [0.25, 0.3) is 0 Å². The molecule has 0 aliphatic carbocycles. The Kier molecular flexibility index (Phi) is 5.89. The predicted octanol–water partition coefficient (Wildman–Crippen LogP) is 1.80. The molecular formula is C14H24N4O. The zero-order chi connectivity index (χ0) is 14.4. The number of ketones is 1. The molecule has 1 aromatic rings. The van der Waals surface area contributed by atoms with Crippen molar-refractivity contribution in [3.05, 3.63) is 17.5 Å². The Morgan fingerprint density at radius 2 is 1.89 bits per heavy atom. The van der Waals surface area contributed by atoms with Crippen molar-refractivity contribution in [3.8, 4) is 0 Å². The van der Waals surface area contributed by atoms with Crippen molar-refractivity contribution in [2.45, 2.75) is 39.7 Å². The summed E-state index contributed by atoms with van der Waals surface area (Å²) in [6.07, 6.45) is 1.76. The lowest BCUT2D eigenvalue weighted by Crippen LogP contribution is -2.34. The van der Waals surface area contributed by atoms with Gasteiger partial charge in [-0.05, 0) is 53.8 Å². The van der Waals surface area contributed by atoms with Crippen molar-refractivity contribution >= 4 is 11.7 Å². The highest BCUT2D eigenvalue weighted by Crippen LogP contribution is 2.07. The van der Waals surface area contributed by atoms with Crippen LogP contribution in [0.4, 0.5) is 5.95 Å². The molecule has 0 saturated heterocycles. The van der Waals surface area contributed by atoms with Crippen LogP contribution < -0.4 is 5.32 Å². The van der Waals surface area contributed by atoms with E-state index in [0.29, 0.717) is 5.95 Å².